The molecule has 0 unspecified atom stereocenters. The van der Waals surface area contributed by atoms with Crippen LogP contribution in [0, 0.1) is 5.92 Å². The Bertz CT molecular complexity index is 354. The minimum atomic E-state index is 0.0208. The summed E-state index contributed by atoms with van der Waals surface area (Å²) in [5.41, 5.74) is 0. The fourth-order valence-corrected chi connectivity index (χ4v) is 3.94. The second-order valence-electron chi connectivity index (χ2n) is 4.44. The van der Waals surface area contributed by atoms with E-state index in [0.717, 1.165) is 23.7 Å². The summed E-state index contributed by atoms with van der Waals surface area (Å²) in [7, 11) is 0. The van der Waals surface area contributed by atoms with E-state index in [1.165, 1.54) is 4.46 Å². The van der Waals surface area contributed by atoms with E-state index >= 15 is 0 Å². The molecule has 0 heterocycles. The van der Waals surface area contributed by atoms with Crippen LogP contribution in [0.15, 0.2) is 40.6 Å². The molecule has 0 N–H and O–H groups in total. The summed E-state index contributed by atoms with van der Waals surface area (Å²) >= 11 is 0.144. The van der Waals surface area contributed by atoms with Crippen molar-refractivity contribution in [2.45, 2.75) is 40.0 Å². The SMILES string of the molecule is CCCC/C([Se]c1ccccc1)=C(\F)C(C)C. The molecule has 0 bridgehead atoms. The summed E-state index contributed by atoms with van der Waals surface area (Å²) in [5, 5.41) is 0. The topological polar surface area (TPSA) is 0 Å². The van der Waals surface area contributed by atoms with Gasteiger partial charge in [0.1, 0.15) is 0 Å². The van der Waals surface area contributed by atoms with Gasteiger partial charge in [-0.3, -0.25) is 0 Å². The van der Waals surface area contributed by atoms with Gasteiger partial charge in [-0.15, -0.1) is 0 Å². The van der Waals surface area contributed by atoms with Crippen LogP contribution in [-0.4, -0.2) is 15.0 Å². The molecular weight excluding hydrogens is 278 g/mol. The molecule has 1 rings (SSSR count). The fraction of sp³-hybridized carbons (Fsp3) is 0.467. The molecule has 94 valence electrons. The molecule has 0 spiro atoms. The van der Waals surface area contributed by atoms with Gasteiger partial charge in [0.15, 0.2) is 0 Å². The number of allylic oxidation sites excluding steroid dienone is 2. The van der Waals surface area contributed by atoms with Crippen LogP contribution in [0.3, 0.4) is 0 Å². The van der Waals surface area contributed by atoms with Crippen LogP contribution in [-0.2, 0) is 0 Å². The summed E-state index contributed by atoms with van der Waals surface area (Å²) in [6.45, 7) is 6.02. The van der Waals surface area contributed by atoms with Crippen LogP contribution in [0.25, 0.3) is 0 Å². The molecule has 0 amide bonds. The van der Waals surface area contributed by atoms with Crippen LogP contribution >= 0.6 is 0 Å². The Balaban J connectivity index is 2.81. The molecule has 0 aromatic heterocycles. The summed E-state index contributed by atoms with van der Waals surface area (Å²) in [6.07, 6.45) is 3.12. The first kappa shape index (κ1) is 14.5. The number of benzene rings is 1. The van der Waals surface area contributed by atoms with Crippen molar-refractivity contribution in [1.82, 2.24) is 0 Å². The van der Waals surface area contributed by atoms with E-state index in [9.17, 15) is 4.39 Å². The van der Waals surface area contributed by atoms with Crippen molar-refractivity contribution < 1.29 is 4.39 Å². The van der Waals surface area contributed by atoms with E-state index in [1.54, 1.807) is 0 Å². The predicted molar refractivity (Wildman–Crippen MR) is 74.3 cm³/mol. The molecule has 1 aromatic carbocycles. The van der Waals surface area contributed by atoms with Crippen LogP contribution in [0.5, 0.6) is 0 Å². The third kappa shape index (κ3) is 5.06. The zero-order chi connectivity index (χ0) is 12.7. The first-order chi connectivity index (χ1) is 8.15. The van der Waals surface area contributed by atoms with E-state index in [4.69, 9.17) is 0 Å². The Morgan fingerprint density at radius 1 is 1.24 bits per heavy atom. The van der Waals surface area contributed by atoms with Crippen molar-refractivity contribution in [3.05, 3.63) is 40.6 Å². The number of hydrogen-bond acceptors (Lipinski definition) is 0. The van der Waals surface area contributed by atoms with Crippen molar-refractivity contribution in [3.8, 4) is 0 Å². The molecule has 0 aliphatic rings. The average molecular weight is 299 g/mol. The average Bonchev–Trinajstić information content (AvgIpc) is 2.34. The molecule has 0 saturated carbocycles. The van der Waals surface area contributed by atoms with Crippen LogP contribution < -0.4 is 4.46 Å². The third-order valence-electron chi connectivity index (χ3n) is 2.51. The van der Waals surface area contributed by atoms with Gasteiger partial charge < -0.3 is 0 Å². The maximum absolute atomic E-state index is 14.1. The fourth-order valence-electron chi connectivity index (χ4n) is 1.51. The van der Waals surface area contributed by atoms with Gasteiger partial charge in [-0.2, -0.15) is 0 Å². The van der Waals surface area contributed by atoms with Gasteiger partial charge in [0.2, 0.25) is 0 Å². The Morgan fingerprint density at radius 2 is 1.88 bits per heavy atom. The van der Waals surface area contributed by atoms with E-state index in [0.29, 0.717) is 0 Å². The van der Waals surface area contributed by atoms with Crippen molar-refractivity contribution in [3.63, 3.8) is 0 Å². The second-order valence-corrected chi connectivity index (χ2v) is 6.90. The molecule has 2 heteroatoms. The molecule has 0 aliphatic heterocycles. The Hall–Kier alpha value is -0.591. The molecule has 0 atom stereocenters. The van der Waals surface area contributed by atoms with Gasteiger partial charge in [-0.25, -0.2) is 0 Å². The zero-order valence-electron chi connectivity index (χ0n) is 10.9. The minimum absolute atomic E-state index is 0.0208. The van der Waals surface area contributed by atoms with Gasteiger partial charge in [0.05, 0.1) is 0 Å². The van der Waals surface area contributed by atoms with E-state index in [-0.39, 0.29) is 26.7 Å². The first-order valence-electron chi connectivity index (χ1n) is 6.26. The van der Waals surface area contributed by atoms with Gasteiger partial charge in [-0.1, -0.05) is 0 Å². The Kier molecular flexibility index (Phi) is 6.54. The van der Waals surface area contributed by atoms with E-state index in [2.05, 4.69) is 19.1 Å². The van der Waals surface area contributed by atoms with E-state index < -0.39 is 0 Å². The molecule has 1 aromatic rings. The Morgan fingerprint density at radius 3 is 2.41 bits per heavy atom. The zero-order valence-corrected chi connectivity index (χ0v) is 12.6. The van der Waals surface area contributed by atoms with Gasteiger partial charge in [-0.05, 0) is 0 Å². The van der Waals surface area contributed by atoms with E-state index in [1.807, 2.05) is 32.0 Å². The number of halogens is 1. The quantitative estimate of drug-likeness (QED) is 0.695. The monoisotopic (exact) mass is 300 g/mol. The molecular formula is C15H21FSe. The summed E-state index contributed by atoms with van der Waals surface area (Å²) in [5.74, 6) is 0.134. The van der Waals surface area contributed by atoms with Gasteiger partial charge in [0, 0.05) is 0 Å². The second kappa shape index (κ2) is 7.68. The molecule has 0 fully saturated rings. The van der Waals surface area contributed by atoms with Crippen molar-refractivity contribution in [2.75, 3.05) is 0 Å². The van der Waals surface area contributed by atoms with Crippen LogP contribution in [0.1, 0.15) is 40.0 Å². The van der Waals surface area contributed by atoms with Gasteiger partial charge in [0.25, 0.3) is 0 Å². The summed E-state index contributed by atoms with van der Waals surface area (Å²) < 4.78 is 16.4. The molecule has 0 saturated heterocycles. The molecule has 17 heavy (non-hydrogen) atoms. The van der Waals surface area contributed by atoms with Gasteiger partial charge >= 0.3 is 110 Å². The number of hydrogen-bond donors (Lipinski definition) is 0. The number of rotatable bonds is 6. The Labute approximate surface area is 110 Å². The van der Waals surface area contributed by atoms with Crippen molar-refractivity contribution in [1.29, 1.82) is 0 Å². The molecule has 0 radical (unpaired) electrons. The molecule has 0 aliphatic carbocycles. The predicted octanol–water partition coefficient (Wildman–Crippen LogP) is 4.04. The normalized spacial score (nSPS) is 12.8. The van der Waals surface area contributed by atoms with Crippen molar-refractivity contribution >= 4 is 19.4 Å². The molecule has 0 nitrogen and oxygen atoms in total. The summed E-state index contributed by atoms with van der Waals surface area (Å²) in [6, 6.07) is 10.3. The standard InChI is InChI=1S/C15H21FSe/c1-4-5-11-14(15(16)12(2)3)17-13-9-7-6-8-10-13/h6-10,12H,4-5,11H2,1-3H3/b15-14+. The maximum atomic E-state index is 14.1. The number of unbranched alkanes of at least 4 members (excludes halogenated alkanes) is 1. The van der Waals surface area contributed by atoms with Crippen molar-refractivity contribution in [2.24, 2.45) is 5.92 Å². The first-order valence-corrected chi connectivity index (χ1v) is 7.98. The van der Waals surface area contributed by atoms with Crippen LogP contribution in [0.4, 0.5) is 4.39 Å². The third-order valence-corrected chi connectivity index (χ3v) is 4.93. The van der Waals surface area contributed by atoms with Crippen LogP contribution in [0.2, 0.25) is 0 Å². The summed E-state index contributed by atoms with van der Waals surface area (Å²) in [4.78, 5) is 0.